The number of anilines is 1. The molecule has 0 radical (unpaired) electrons. The summed E-state index contributed by atoms with van der Waals surface area (Å²) in [7, 11) is 0. The molecule has 38 heavy (non-hydrogen) atoms. The number of hydrogen-bond donors (Lipinski definition) is 1. The number of imide groups is 2. The number of aryl methyl sites for hydroxylation is 1. The van der Waals surface area contributed by atoms with Crippen LogP contribution in [0.2, 0.25) is 10.0 Å². The van der Waals surface area contributed by atoms with E-state index in [-0.39, 0.29) is 22.9 Å². The second kappa shape index (κ2) is 10.6. The van der Waals surface area contributed by atoms with Crippen LogP contribution in [0.25, 0.3) is 16.8 Å². The molecule has 4 aromatic carbocycles. The van der Waals surface area contributed by atoms with Gasteiger partial charge in [0.1, 0.15) is 12.2 Å². The maximum absolute atomic E-state index is 13.2. The first kappa shape index (κ1) is 26.0. The first-order chi connectivity index (χ1) is 18.2. The van der Waals surface area contributed by atoms with Crippen LogP contribution in [0.15, 0.2) is 82.8 Å². The largest absolute Gasteiger partial charge is 0.486 e. The van der Waals surface area contributed by atoms with Gasteiger partial charge in [-0.05, 0) is 80.7 Å². The number of carbonyl (C=O) groups excluding carboxylic acids is 3. The summed E-state index contributed by atoms with van der Waals surface area (Å²) in [4.78, 5) is 39.2. The third-order valence-corrected chi connectivity index (χ3v) is 7.38. The first-order valence-electron chi connectivity index (χ1n) is 11.5. The molecule has 0 aliphatic carbocycles. The Hall–Kier alpha value is -3.65. The zero-order chi connectivity index (χ0) is 27.0. The van der Waals surface area contributed by atoms with Gasteiger partial charge in [0, 0.05) is 5.02 Å². The normalized spacial score (nSPS) is 14.8. The van der Waals surface area contributed by atoms with E-state index in [4.69, 9.17) is 27.9 Å². The SMILES string of the molecule is Cc1ccc(N2C(=O)NC(=O)/C(=C/c3cc(Cl)c(OCc4cccc5ccccc45)c(Br)c3)C2=O)cc1Cl. The van der Waals surface area contributed by atoms with Gasteiger partial charge in [-0.3, -0.25) is 14.9 Å². The van der Waals surface area contributed by atoms with Crippen LogP contribution >= 0.6 is 39.1 Å². The molecule has 0 spiro atoms. The highest BCUT2D eigenvalue weighted by molar-refractivity contribution is 9.10. The number of rotatable bonds is 5. The van der Waals surface area contributed by atoms with Crippen molar-refractivity contribution in [3.63, 3.8) is 0 Å². The van der Waals surface area contributed by atoms with Gasteiger partial charge in [0.05, 0.1) is 15.2 Å². The van der Waals surface area contributed by atoms with Crippen molar-refractivity contribution < 1.29 is 19.1 Å². The van der Waals surface area contributed by atoms with Crippen molar-refractivity contribution in [3.8, 4) is 5.75 Å². The molecule has 0 bridgehead atoms. The zero-order valence-electron chi connectivity index (χ0n) is 19.9. The second-order valence-electron chi connectivity index (χ2n) is 8.63. The molecular weight excluding hydrogens is 591 g/mol. The predicted octanol–water partition coefficient (Wildman–Crippen LogP) is 7.46. The fourth-order valence-corrected chi connectivity index (χ4v) is 5.31. The third kappa shape index (κ3) is 5.05. The summed E-state index contributed by atoms with van der Waals surface area (Å²) < 4.78 is 6.59. The van der Waals surface area contributed by atoms with E-state index in [1.807, 2.05) is 42.5 Å². The average Bonchev–Trinajstić information content (AvgIpc) is 2.88. The maximum atomic E-state index is 13.2. The molecule has 0 unspecified atom stereocenters. The van der Waals surface area contributed by atoms with E-state index < -0.39 is 17.8 Å². The number of ether oxygens (including phenoxy) is 1. The second-order valence-corrected chi connectivity index (χ2v) is 10.3. The van der Waals surface area contributed by atoms with Crippen LogP contribution in [-0.2, 0) is 16.2 Å². The van der Waals surface area contributed by atoms with Crippen molar-refractivity contribution >= 4 is 79.5 Å². The van der Waals surface area contributed by atoms with E-state index in [1.54, 1.807) is 31.2 Å². The van der Waals surface area contributed by atoms with Gasteiger partial charge in [-0.1, -0.05) is 71.7 Å². The summed E-state index contributed by atoms with van der Waals surface area (Å²) in [6.45, 7) is 2.09. The lowest BCUT2D eigenvalue weighted by Crippen LogP contribution is -2.54. The molecule has 0 aromatic heterocycles. The van der Waals surface area contributed by atoms with Crippen molar-refractivity contribution in [2.45, 2.75) is 13.5 Å². The highest BCUT2D eigenvalue weighted by Gasteiger charge is 2.37. The summed E-state index contributed by atoms with van der Waals surface area (Å²) in [5.41, 5.74) is 2.28. The van der Waals surface area contributed by atoms with Crippen molar-refractivity contribution in [1.29, 1.82) is 0 Å². The van der Waals surface area contributed by atoms with Crippen LogP contribution in [0.3, 0.4) is 0 Å². The van der Waals surface area contributed by atoms with Gasteiger partial charge in [0.25, 0.3) is 11.8 Å². The summed E-state index contributed by atoms with van der Waals surface area (Å²) in [5, 5.41) is 5.07. The molecule has 1 heterocycles. The summed E-state index contributed by atoms with van der Waals surface area (Å²) in [6, 6.07) is 21.2. The maximum Gasteiger partial charge on any atom is 0.335 e. The van der Waals surface area contributed by atoms with E-state index in [1.165, 1.54) is 12.1 Å². The van der Waals surface area contributed by atoms with Gasteiger partial charge in [-0.2, -0.15) is 0 Å². The van der Waals surface area contributed by atoms with Crippen molar-refractivity contribution in [1.82, 2.24) is 5.32 Å². The van der Waals surface area contributed by atoms with E-state index in [0.29, 0.717) is 20.8 Å². The van der Waals surface area contributed by atoms with Crippen LogP contribution < -0.4 is 15.0 Å². The van der Waals surface area contributed by atoms with Crippen LogP contribution in [0.1, 0.15) is 16.7 Å². The van der Waals surface area contributed by atoms with Gasteiger partial charge >= 0.3 is 6.03 Å². The molecule has 1 N–H and O–H groups in total. The van der Waals surface area contributed by atoms with Gasteiger partial charge < -0.3 is 4.74 Å². The van der Waals surface area contributed by atoms with E-state index >= 15 is 0 Å². The molecule has 4 amide bonds. The standard InChI is InChI=1S/C29H19BrCl2N2O4/c1-16-9-10-20(14-24(16)31)34-28(36)22(27(35)33-29(34)37)11-17-12-23(30)26(25(32)13-17)38-15-19-7-4-6-18-5-2-3-8-21(18)19/h2-14H,15H2,1H3,(H,33,35,37)/b22-11-. The summed E-state index contributed by atoms with van der Waals surface area (Å²) >= 11 is 16.2. The molecule has 0 saturated carbocycles. The average molecular weight is 610 g/mol. The highest BCUT2D eigenvalue weighted by atomic mass is 79.9. The Bertz CT molecular complexity index is 1640. The third-order valence-electron chi connectivity index (χ3n) is 6.10. The van der Waals surface area contributed by atoms with Crippen LogP contribution in [-0.4, -0.2) is 17.8 Å². The molecule has 6 nitrogen and oxygen atoms in total. The zero-order valence-corrected chi connectivity index (χ0v) is 23.0. The quantitative estimate of drug-likeness (QED) is 0.188. The number of barbiturate groups is 1. The topological polar surface area (TPSA) is 75.7 Å². The fourth-order valence-electron chi connectivity index (χ4n) is 4.15. The highest BCUT2D eigenvalue weighted by Crippen LogP contribution is 2.36. The molecule has 5 rings (SSSR count). The van der Waals surface area contributed by atoms with Crippen LogP contribution in [0.5, 0.6) is 5.75 Å². The predicted molar refractivity (Wildman–Crippen MR) is 153 cm³/mol. The summed E-state index contributed by atoms with van der Waals surface area (Å²) in [5.74, 6) is -1.16. The smallest absolute Gasteiger partial charge is 0.335 e. The number of urea groups is 1. The lowest BCUT2D eigenvalue weighted by Gasteiger charge is -2.26. The van der Waals surface area contributed by atoms with Crippen LogP contribution in [0, 0.1) is 6.92 Å². The Morgan fingerprint density at radius 3 is 2.47 bits per heavy atom. The number of benzene rings is 4. The number of amides is 4. The lowest BCUT2D eigenvalue weighted by atomic mass is 10.1. The molecule has 9 heteroatoms. The van der Waals surface area contributed by atoms with Gasteiger partial charge in [0.2, 0.25) is 0 Å². The van der Waals surface area contributed by atoms with Gasteiger partial charge in [0.15, 0.2) is 5.75 Å². The Kier molecular flexibility index (Phi) is 7.25. The monoisotopic (exact) mass is 608 g/mol. The van der Waals surface area contributed by atoms with Crippen molar-refractivity contribution in [2.75, 3.05) is 4.90 Å². The number of nitrogens with zero attached hydrogens (tertiary/aromatic N) is 1. The van der Waals surface area contributed by atoms with E-state index in [9.17, 15) is 14.4 Å². The Balaban J connectivity index is 1.42. The number of halogens is 3. The van der Waals surface area contributed by atoms with E-state index in [0.717, 1.165) is 26.8 Å². The molecule has 190 valence electrons. The minimum absolute atomic E-state index is 0.228. The van der Waals surface area contributed by atoms with E-state index in [2.05, 4.69) is 21.2 Å². The lowest BCUT2D eigenvalue weighted by molar-refractivity contribution is -0.122. The van der Waals surface area contributed by atoms with Gasteiger partial charge in [-0.15, -0.1) is 0 Å². The number of hydrogen-bond acceptors (Lipinski definition) is 4. The van der Waals surface area contributed by atoms with Crippen molar-refractivity contribution in [3.05, 3.63) is 110 Å². The fraction of sp³-hybridized carbons (Fsp3) is 0.0690. The molecule has 1 saturated heterocycles. The van der Waals surface area contributed by atoms with Crippen molar-refractivity contribution in [2.24, 2.45) is 0 Å². The van der Waals surface area contributed by atoms with Crippen LogP contribution in [0.4, 0.5) is 10.5 Å². The minimum Gasteiger partial charge on any atom is -0.486 e. The molecular formula is C29H19BrCl2N2O4. The molecule has 1 fully saturated rings. The summed E-state index contributed by atoms with van der Waals surface area (Å²) in [6.07, 6.45) is 1.37. The Morgan fingerprint density at radius 2 is 1.71 bits per heavy atom. The molecule has 1 aliphatic rings. The molecule has 1 aliphatic heterocycles. The molecule has 4 aromatic rings. The number of nitrogens with one attached hydrogen (secondary N) is 1. The Morgan fingerprint density at radius 1 is 0.947 bits per heavy atom. The number of carbonyl (C=O) groups is 3. The molecule has 0 atom stereocenters. The minimum atomic E-state index is -0.853. The Labute approximate surface area is 236 Å². The van der Waals surface area contributed by atoms with Gasteiger partial charge in [-0.25, -0.2) is 9.69 Å². The first-order valence-corrected chi connectivity index (χ1v) is 13.0. The number of fused-ring (bicyclic) bond motifs is 1.